The largest absolute Gasteiger partial charge is 0.497 e. The molecule has 0 unspecified atom stereocenters. The minimum atomic E-state index is -0.779. The third-order valence-electron chi connectivity index (χ3n) is 7.82. The summed E-state index contributed by atoms with van der Waals surface area (Å²) in [7, 11) is 1.58. The van der Waals surface area contributed by atoms with Crippen LogP contribution in [0.3, 0.4) is 0 Å². The number of carbonyl (C=O) groups is 3. The topological polar surface area (TPSA) is 131 Å². The number of aliphatic hydroxyl groups is 1. The molecular weight excluding hydrogens is 629 g/mol. The number of amides is 2. The lowest BCUT2D eigenvalue weighted by Gasteiger charge is -2.49. The van der Waals surface area contributed by atoms with Gasteiger partial charge in [-0.2, -0.15) is 0 Å². The number of methoxy groups -OCH3 is 1. The molecule has 2 aliphatic heterocycles. The van der Waals surface area contributed by atoms with Crippen molar-refractivity contribution in [2.75, 3.05) is 12.9 Å². The summed E-state index contributed by atoms with van der Waals surface area (Å²) in [6.45, 7) is -0.0732. The van der Waals surface area contributed by atoms with E-state index in [1.165, 1.54) is 34.7 Å². The maximum absolute atomic E-state index is 13.7. The van der Waals surface area contributed by atoms with Gasteiger partial charge in [0, 0.05) is 26.3 Å². The molecule has 2 aromatic heterocycles. The number of furan rings is 2. The molecule has 3 aromatic carbocycles. The van der Waals surface area contributed by atoms with Crippen LogP contribution in [0.4, 0.5) is 0 Å². The molecular formula is C34H28N2O8S2. The molecule has 0 saturated carbocycles. The van der Waals surface area contributed by atoms with E-state index in [0.717, 1.165) is 26.8 Å². The number of β-lactam (4-membered cyclic amide) rings is 1. The Bertz CT molecular complexity index is 1980. The minimum absolute atomic E-state index is 0.00739. The Hall–Kier alpha value is -4.65. The zero-order valence-corrected chi connectivity index (χ0v) is 26.2. The number of carbonyl (C=O) groups excluding carboxylic acids is 3. The van der Waals surface area contributed by atoms with E-state index in [4.69, 9.17) is 18.3 Å². The van der Waals surface area contributed by atoms with Gasteiger partial charge in [-0.15, -0.1) is 11.8 Å². The Balaban J connectivity index is 1.15. The maximum atomic E-state index is 13.7. The molecule has 2 N–H and O–H groups in total. The third kappa shape index (κ3) is 5.75. The fourth-order valence-corrected chi connectivity index (χ4v) is 8.00. The first kappa shape index (κ1) is 30.0. The van der Waals surface area contributed by atoms with Crippen LogP contribution < -0.4 is 10.1 Å². The summed E-state index contributed by atoms with van der Waals surface area (Å²) in [4.78, 5) is 42.8. The lowest BCUT2D eigenvalue weighted by atomic mass is 10.0. The van der Waals surface area contributed by atoms with Gasteiger partial charge in [0.1, 0.15) is 46.4 Å². The zero-order chi connectivity index (χ0) is 31.8. The highest BCUT2D eigenvalue weighted by Crippen LogP contribution is 2.46. The quantitative estimate of drug-likeness (QED) is 0.149. The molecule has 2 aliphatic rings. The summed E-state index contributed by atoms with van der Waals surface area (Å²) in [5.41, 5.74) is 3.03. The molecule has 0 bridgehead atoms. The van der Waals surface area contributed by atoms with Gasteiger partial charge in [0.15, 0.2) is 0 Å². The van der Waals surface area contributed by atoms with Crippen molar-refractivity contribution < 1.29 is 37.8 Å². The van der Waals surface area contributed by atoms with Gasteiger partial charge in [-0.1, -0.05) is 36.0 Å². The highest BCUT2D eigenvalue weighted by molar-refractivity contribution is 8.06. The number of rotatable bonds is 10. The molecule has 0 radical (unpaired) electrons. The second kappa shape index (κ2) is 12.6. The van der Waals surface area contributed by atoms with Gasteiger partial charge in [-0.25, -0.2) is 4.79 Å². The predicted molar refractivity (Wildman–Crippen MR) is 173 cm³/mol. The SMILES string of the molecule is COc1ccc(COC(=O)C2=C(Sc3ccc4c(c3)oc3cc(CO)ccc34)CS[C@@H]3[C@H](NC(=O)Cc4ccco4)C(=O)N23)cc1. The number of esters is 1. The summed E-state index contributed by atoms with van der Waals surface area (Å²) >= 11 is 2.84. The maximum Gasteiger partial charge on any atom is 0.356 e. The Morgan fingerprint density at radius 1 is 1.04 bits per heavy atom. The summed E-state index contributed by atoms with van der Waals surface area (Å²) in [5, 5.41) is 13.7. The fraction of sp³-hybridized carbons (Fsp3) is 0.206. The van der Waals surface area contributed by atoms with E-state index in [1.807, 2.05) is 36.4 Å². The number of hydrogen-bond acceptors (Lipinski definition) is 10. The van der Waals surface area contributed by atoms with E-state index in [0.29, 0.717) is 33.3 Å². The second-order valence-electron chi connectivity index (χ2n) is 10.8. The van der Waals surface area contributed by atoms with Gasteiger partial charge >= 0.3 is 5.97 Å². The first-order valence-electron chi connectivity index (χ1n) is 14.5. The van der Waals surface area contributed by atoms with E-state index in [2.05, 4.69) is 5.32 Å². The van der Waals surface area contributed by atoms with Crippen molar-refractivity contribution in [2.45, 2.75) is 35.9 Å². The van der Waals surface area contributed by atoms with Gasteiger partial charge in [0.2, 0.25) is 5.91 Å². The van der Waals surface area contributed by atoms with Crippen LogP contribution in [0.25, 0.3) is 21.9 Å². The van der Waals surface area contributed by atoms with E-state index in [9.17, 15) is 19.5 Å². The molecule has 0 aliphatic carbocycles. The van der Waals surface area contributed by atoms with Crippen molar-refractivity contribution in [1.82, 2.24) is 10.2 Å². The van der Waals surface area contributed by atoms with Crippen molar-refractivity contribution >= 4 is 63.2 Å². The number of thioether (sulfide) groups is 2. The van der Waals surface area contributed by atoms with Crippen molar-refractivity contribution in [3.63, 3.8) is 0 Å². The van der Waals surface area contributed by atoms with Crippen LogP contribution in [0.2, 0.25) is 0 Å². The van der Waals surface area contributed by atoms with Crippen LogP contribution in [-0.4, -0.2) is 52.1 Å². The first-order chi connectivity index (χ1) is 22.4. The molecule has 0 spiro atoms. The van der Waals surface area contributed by atoms with Crippen LogP contribution >= 0.6 is 23.5 Å². The van der Waals surface area contributed by atoms with E-state index >= 15 is 0 Å². The number of fused-ring (bicyclic) bond motifs is 4. The predicted octanol–water partition coefficient (Wildman–Crippen LogP) is 5.37. The van der Waals surface area contributed by atoms with Gasteiger partial charge in [0.25, 0.3) is 5.91 Å². The average Bonchev–Trinajstić information content (AvgIpc) is 3.72. The molecule has 2 amide bonds. The van der Waals surface area contributed by atoms with Gasteiger partial charge in [-0.3, -0.25) is 14.5 Å². The number of benzene rings is 3. The minimum Gasteiger partial charge on any atom is -0.497 e. The van der Waals surface area contributed by atoms with Gasteiger partial charge in [0.05, 0.1) is 26.4 Å². The molecule has 12 heteroatoms. The average molecular weight is 657 g/mol. The molecule has 1 saturated heterocycles. The van der Waals surface area contributed by atoms with E-state index in [-0.39, 0.29) is 37.1 Å². The Morgan fingerprint density at radius 2 is 1.80 bits per heavy atom. The van der Waals surface area contributed by atoms with Crippen LogP contribution in [-0.2, 0) is 38.8 Å². The monoisotopic (exact) mass is 656 g/mol. The highest BCUT2D eigenvalue weighted by atomic mass is 32.2. The molecule has 1 fully saturated rings. The van der Waals surface area contributed by atoms with E-state index < -0.39 is 17.4 Å². The van der Waals surface area contributed by atoms with Crippen LogP contribution in [0.1, 0.15) is 16.9 Å². The number of nitrogens with one attached hydrogen (secondary N) is 1. The zero-order valence-electron chi connectivity index (χ0n) is 24.6. The van der Waals surface area contributed by atoms with Crippen molar-refractivity contribution in [3.8, 4) is 5.75 Å². The molecule has 234 valence electrons. The summed E-state index contributed by atoms with van der Waals surface area (Å²) in [5.74, 6) is 0.255. The second-order valence-corrected chi connectivity index (χ2v) is 13.0. The number of nitrogens with zero attached hydrogens (tertiary/aromatic N) is 1. The smallest absolute Gasteiger partial charge is 0.356 e. The molecule has 4 heterocycles. The standard InChI is InChI=1S/C34H28N2O8S2/c1-41-21-7-4-19(5-8-21)17-43-34(40)31-28(18-45-33-30(32(39)36(31)33)35-29(38)14-22-3-2-12-42-22)46-23-9-11-25-24-10-6-20(16-37)13-26(24)44-27(25)15-23/h2-13,15,30,33,37H,14,16-18H2,1H3,(H,35,38)/t30-,33-/m1/s1. The number of aliphatic hydroxyl groups excluding tert-OH is 1. The number of hydrogen-bond donors (Lipinski definition) is 2. The third-order valence-corrected chi connectivity index (χ3v) is 10.4. The lowest BCUT2D eigenvalue weighted by molar-refractivity contribution is -0.153. The van der Waals surface area contributed by atoms with Crippen molar-refractivity contribution in [2.24, 2.45) is 0 Å². The van der Waals surface area contributed by atoms with Gasteiger partial charge < -0.3 is 28.7 Å². The molecule has 5 aromatic rings. The molecule has 2 atom stereocenters. The van der Waals surface area contributed by atoms with Gasteiger partial charge in [-0.05, 0) is 59.7 Å². The van der Waals surface area contributed by atoms with Crippen molar-refractivity contribution in [1.29, 1.82) is 0 Å². The Kier molecular flexibility index (Phi) is 8.24. The first-order valence-corrected chi connectivity index (χ1v) is 16.3. The molecule has 10 nitrogen and oxygen atoms in total. The summed E-state index contributed by atoms with van der Waals surface area (Å²) in [6.07, 6.45) is 1.50. The molecule has 7 rings (SSSR count). The molecule has 46 heavy (non-hydrogen) atoms. The Labute approximate surface area is 271 Å². The van der Waals surface area contributed by atoms with Crippen LogP contribution in [0.15, 0.2) is 103 Å². The van der Waals surface area contributed by atoms with Crippen LogP contribution in [0.5, 0.6) is 5.75 Å². The Morgan fingerprint density at radius 3 is 2.54 bits per heavy atom. The van der Waals surface area contributed by atoms with Crippen LogP contribution in [0, 0.1) is 0 Å². The lowest BCUT2D eigenvalue weighted by Crippen LogP contribution is -2.70. The summed E-state index contributed by atoms with van der Waals surface area (Å²) < 4.78 is 22.3. The number of ether oxygens (including phenoxy) is 2. The fourth-order valence-electron chi connectivity index (χ4n) is 5.50. The normalized spacial score (nSPS) is 17.6. The summed E-state index contributed by atoms with van der Waals surface area (Å²) in [6, 6.07) is 21.2. The van der Waals surface area contributed by atoms with Crippen molar-refractivity contribution in [3.05, 3.63) is 107 Å². The van der Waals surface area contributed by atoms with E-state index in [1.54, 1.807) is 43.5 Å². The highest BCUT2D eigenvalue weighted by Gasteiger charge is 2.54.